The van der Waals surface area contributed by atoms with Gasteiger partial charge in [-0.3, -0.25) is 0 Å². The minimum Gasteiger partial charge on any atom is -0.396 e. The van der Waals surface area contributed by atoms with Gasteiger partial charge in [0.2, 0.25) is 0 Å². The molecule has 1 saturated carbocycles. The van der Waals surface area contributed by atoms with Crippen LogP contribution in [-0.4, -0.2) is 35.3 Å². The van der Waals surface area contributed by atoms with Gasteiger partial charge in [0, 0.05) is 31.7 Å². The number of hydrogen-bond acceptors (Lipinski definition) is 5. The zero-order chi connectivity index (χ0) is 15.2. The third-order valence-corrected chi connectivity index (χ3v) is 4.13. The topological polar surface area (TPSA) is 70.1 Å². The Morgan fingerprint density at radius 3 is 2.52 bits per heavy atom. The van der Waals surface area contributed by atoms with Crippen LogP contribution in [0.4, 0.5) is 11.6 Å². The standard InChI is InChI=1S/C16H28N4O/c1-4-5-12(8-9-21)10-18-15-11(2)14(17-3)19-16(20-15)13-6-7-13/h12-13,21H,4-10H2,1-3H3,(H2,17,18,19,20). The summed E-state index contributed by atoms with van der Waals surface area (Å²) in [6.07, 6.45) is 5.53. The molecule has 0 amide bonds. The van der Waals surface area contributed by atoms with Crippen molar-refractivity contribution in [3.05, 3.63) is 11.4 Å². The molecule has 1 aliphatic carbocycles. The van der Waals surface area contributed by atoms with Gasteiger partial charge in [-0.05, 0) is 38.5 Å². The molecule has 1 aromatic rings. The van der Waals surface area contributed by atoms with Gasteiger partial charge in [0.15, 0.2) is 0 Å². The van der Waals surface area contributed by atoms with Crippen LogP contribution in [-0.2, 0) is 0 Å². The summed E-state index contributed by atoms with van der Waals surface area (Å²) in [7, 11) is 1.90. The lowest BCUT2D eigenvalue weighted by atomic mass is 10.0. The highest BCUT2D eigenvalue weighted by Gasteiger charge is 2.28. The smallest absolute Gasteiger partial charge is 0.136 e. The Morgan fingerprint density at radius 1 is 1.24 bits per heavy atom. The third-order valence-electron chi connectivity index (χ3n) is 4.13. The first-order valence-electron chi connectivity index (χ1n) is 8.10. The number of aliphatic hydroxyl groups excluding tert-OH is 1. The van der Waals surface area contributed by atoms with Gasteiger partial charge in [0.1, 0.15) is 17.5 Å². The monoisotopic (exact) mass is 292 g/mol. The summed E-state index contributed by atoms with van der Waals surface area (Å²) in [5.74, 6) is 3.86. The summed E-state index contributed by atoms with van der Waals surface area (Å²) < 4.78 is 0. The minimum absolute atomic E-state index is 0.254. The highest BCUT2D eigenvalue weighted by Crippen LogP contribution is 2.39. The Balaban J connectivity index is 2.08. The van der Waals surface area contributed by atoms with Gasteiger partial charge in [-0.2, -0.15) is 0 Å². The normalized spacial score (nSPS) is 15.8. The van der Waals surface area contributed by atoms with Crippen molar-refractivity contribution in [2.75, 3.05) is 30.8 Å². The molecule has 0 aromatic carbocycles. The number of nitrogens with zero attached hydrogens (tertiary/aromatic N) is 2. The van der Waals surface area contributed by atoms with Crippen molar-refractivity contribution in [3.8, 4) is 0 Å². The fourth-order valence-corrected chi connectivity index (χ4v) is 2.65. The Kier molecular flexibility index (Phi) is 5.79. The molecule has 1 fully saturated rings. The second-order valence-corrected chi connectivity index (χ2v) is 5.98. The largest absolute Gasteiger partial charge is 0.396 e. The quantitative estimate of drug-likeness (QED) is 0.653. The molecule has 1 unspecified atom stereocenters. The van der Waals surface area contributed by atoms with Crippen LogP contribution < -0.4 is 10.6 Å². The van der Waals surface area contributed by atoms with E-state index >= 15 is 0 Å². The van der Waals surface area contributed by atoms with Crippen molar-refractivity contribution in [2.45, 2.75) is 51.9 Å². The van der Waals surface area contributed by atoms with Crippen LogP contribution in [0.15, 0.2) is 0 Å². The number of anilines is 2. The van der Waals surface area contributed by atoms with E-state index in [1.807, 2.05) is 14.0 Å². The predicted molar refractivity (Wildman–Crippen MR) is 86.9 cm³/mol. The van der Waals surface area contributed by atoms with E-state index in [1.165, 1.54) is 12.8 Å². The zero-order valence-corrected chi connectivity index (χ0v) is 13.4. The molecule has 0 radical (unpaired) electrons. The first-order valence-corrected chi connectivity index (χ1v) is 8.10. The SMILES string of the molecule is CCCC(CCO)CNc1nc(C2CC2)nc(NC)c1C. The molecule has 0 bridgehead atoms. The van der Waals surface area contributed by atoms with Crippen LogP contribution >= 0.6 is 0 Å². The number of hydrogen-bond donors (Lipinski definition) is 3. The van der Waals surface area contributed by atoms with Gasteiger partial charge in [0.05, 0.1) is 0 Å². The molecular formula is C16H28N4O. The molecule has 118 valence electrons. The van der Waals surface area contributed by atoms with Crippen LogP contribution in [0, 0.1) is 12.8 Å². The molecular weight excluding hydrogens is 264 g/mol. The zero-order valence-electron chi connectivity index (χ0n) is 13.4. The maximum Gasteiger partial charge on any atom is 0.136 e. The average Bonchev–Trinajstić information content (AvgIpc) is 3.31. The third kappa shape index (κ3) is 4.30. The maximum atomic E-state index is 9.16. The van der Waals surface area contributed by atoms with Crippen LogP contribution in [0.1, 0.15) is 56.3 Å². The number of aromatic nitrogens is 2. The van der Waals surface area contributed by atoms with E-state index < -0.39 is 0 Å². The van der Waals surface area contributed by atoms with Gasteiger partial charge >= 0.3 is 0 Å². The summed E-state index contributed by atoms with van der Waals surface area (Å²) in [6, 6.07) is 0. The second-order valence-electron chi connectivity index (χ2n) is 5.98. The number of nitrogens with one attached hydrogen (secondary N) is 2. The summed E-state index contributed by atoms with van der Waals surface area (Å²) in [6.45, 7) is 5.35. The van der Waals surface area contributed by atoms with Crippen molar-refractivity contribution in [1.82, 2.24) is 9.97 Å². The van der Waals surface area contributed by atoms with E-state index in [9.17, 15) is 0 Å². The van der Waals surface area contributed by atoms with Gasteiger partial charge in [0.25, 0.3) is 0 Å². The first kappa shape index (κ1) is 16.0. The summed E-state index contributed by atoms with van der Waals surface area (Å²) in [4.78, 5) is 9.32. The lowest BCUT2D eigenvalue weighted by Crippen LogP contribution is -2.18. The van der Waals surface area contributed by atoms with E-state index in [0.717, 1.165) is 48.8 Å². The fraction of sp³-hybridized carbons (Fsp3) is 0.750. The van der Waals surface area contributed by atoms with Crippen LogP contribution in [0.25, 0.3) is 0 Å². The van der Waals surface area contributed by atoms with E-state index in [-0.39, 0.29) is 6.61 Å². The van der Waals surface area contributed by atoms with Gasteiger partial charge in [-0.1, -0.05) is 13.3 Å². The molecule has 2 rings (SSSR count). The second kappa shape index (κ2) is 7.59. The molecule has 0 spiro atoms. The minimum atomic E-state index is 0.254. The van der Waals surface area contributed by atoms with Crippen LogP contribution in [0.3, 0.4) is 0 Å². The maximum absolute atomic E-state index is 9.16. The summed E-state index contributed by atoms with van der Waals surface area (Å²) in [5, 5.41) is 15.8. The van der Waals surface area contributed by atoms with E-state index in [1.54, 1.807) is 0 Å². The molecule has 21 heavy (non-hydrogen) atoms. The van der Waals surface area contributed by atoms with E-state index in [4.69, 9.17) is 10.1 Å². The summed E-state index contributed by atoms with van der Waals surface area (Å²) >= 11 is 0. The highest BCUT2D eigenvalue weighted by atomic mass is 16.3. The molecule has 5 heteroatoms. The molecule has 1 heterocycles. The number of rotatable bonds is 9. The Hall–Kier alpha value is -1.36. The lowest BCUT2D eigenvalue weighted by Gasteiger charge is -2.18. The predicted octanol–water partition coefficient (Wildman–Crippen LogP) is 2.91. The molecule has 1 aromatic heterocycles. The average molecular weight is 292 g/mol. The first-order chi connectivity index (χ1) is 10.2. The van der Waals surface area contributed by atoms with Crippen molar-refractivity contribution in [1.29, 1.82) is 0 Å². The molecule has 3 N–H and O–H groups in total. The van der Waals surface area contributed by atoms with Gasteiger partial charge < -0.3 is 15.7 Å². The van der Waals surface area contributed by atoms with Crippen molar-refractivity contribution < 1.29 is 5.11 Å². The van der Waals surface area contributed by atoms with Crippen molar-refractivity contribution in [2.24, 2.45) is 5.92 Å². The Morgan fingerprint density at radius 2 is 1.95 bits per heavy atom. The van der Waals surface area contributed by atoms with E-state index in [0.29, 0.717) is 11.8 Å². The highest BCUT2D eigenvalue weighted by molar-refractivity contribution is 5.57. The van der Waals surface area contributed by atoms with E-state index in [2.05, 4.69) is 22.5 Å². The lowest BCUT2D eigenvalue weighted by molar-refractivity contribution is 0.255. The Bertz CT molecular complexity index is 454. The molecule has 0 saturated heterocycles. The fourth-order valence-electron chi connectivity index (χ4n) is 2.65. The van der Waals surface area contributed by atoms with Gasteiger partial charge in [-0.25, -0.2) is 9.97 Å². The number of aliphatic hydroxyl groups is 1. The van der Waals surface area contributed by atoms with Crippen molar-refractivity contribution >= 4 is 11.6 Å². The van der Waals surface area contributed by atoms with Crippen LogP contribution in [0.5, 0.6) is 0 Å². The summed E-state index contributed by atoms with van der Waals surface area (Å²) in [5.41, 5.74) is 1.07. The molecule has 1 atom stereocenters. The molecule has 0 aliphatic heterocycles. The molecule has 5 nitrogen and oxygen atoms in total. The van der Waals surface area contributed by atoms with Crippen molar-refractivity contribution in [3.63, 3.8) is 0 Å². The molecule has 1 aliphatic rings. The Labute approximate surface area is 127 Å². The van der Waals surface area contributed by atoms with Crippen LogP contribution in [0.2, 0.25) is 0 Å². The van der Waals surface area contributed by atoms with Gasteiger partial charge in [-0.15, -0.1) is 0 Å².